The van der Waals surface area contributed by atoms with E-state index in [-0.39, 0.29) is 34.1 Å². The Morgan fingerprint density at radius 2 is 2.05 bits per heavy atom. The normalized spacial score (nSPS) is 20.8. The highest BCUT2D eigenvalue weighted by atomic mass is 35.5. The van der Waals surface area contributed by atoms with E-state index in [9.17, 15) is 9.59 Å². The summed E-state index contributed by atoms with van der Waals surface area (Å²) in [6.45, 7) is 5.64. The maximum atomic E-state index is 12.7. The summed E-state index contributed by atoms with van der Waals surface area (Å²) in [4.78, 5) is 23.5. The summed E-state index contributed by atoms with van der Waals surface area (Å²) in [7, 11) is 0. The Morgan fingerprint density at radius 1 is 1.43 bits per heavy atom. The second kappa shape index (κ2) is 5.50. The van der Waals surface area contributed by atoms with Gasteiger partial charge in [0.25, 0.3) is 5.91 Å². The van der Waals surface area contributed by atoms with Gasteiger partial charge in [-0.05, 0) is 24.0 Å². The maximum absolute atomic E-state index is 12.7. The molecule has 0 saturated heterocycles. The fourth-order valence-electron chi connectivity index (χ4n) is 2.52. The standard InChI is InChI=1S/C15H17Cl2NO3/c1-7(2)15(3)5-8-4-9(21-6-10(18)19)12(16)13(17)11(8)14(15)20/h4,7H,5-6H2,1-3H3,(H2,18,19). The highest BCUT2D eigenvalue weighted by Crippen LogP contribution is 2.48. The number of nitrogens with two attached hydrogens (primary N) is 1. The van der Waals surface area contributed by atoms with E-state index in [2.05, 4.69) is 0 Å². The SMILES string of the molecule is CC(C)C1(C)Cc2cc(OCC(N)=O)c(Cl)c(Cl)c2C1=O. The van der Waals surface area contributed by atoms with Crippen LogP contribution in [0.5, 0.6) is 5.75 Å². The van der Waals surface area contributed by atoms with Crippen molar-refractivity contribution in [2.75, 3.05) is 6.61 Å². The van der Waals surface area contributed by atoms with Gasteiger partial charge in [-0.3, -0.25) is 9.59 Å². The van der Waals surface area contributed by atoms with Gasteiger partial charge in [-0.15, -0.1) is 0 Å². The molecule has 2 rings (SSSR count). The predicted octanol–water partition coefficient (Wildman–Crippen LogP) is 3.26. The van der Waals surface area contributed by atoms with Gasteiger partial charge < -0.3 is 10.5 Å². The molecule has 0 aliphatic heterocycles. The number of ether oxygens (including phenoxy) is 1. The number of rotatable bonds is 4. The third kappa shape index (κ3) is 2.62. The molecule has 21 heavy (non-hydrogen) atoms. The van der Waals surface area contributed by atoms with E-state index in [1.54, 1.807) is 6.07 Å². The van der Waals surface area contributed by atoms with Gasteiger partial charge in [-0.25, -0.2) is 0 Å². The topological polar surface area (TPSA) is 69.4 Å². The molecule has 1 aliphatic rings. The largest absolute Gasteiger partial charge is 0.482 e. The van der Waals surface area contributed by atoms with Crippen LogP contribution < -0.4 is 10.5 Å². The van der Waals surface area contributed by atoms with Crippen LogP contribution in [-0.2, 0) is 11.2 Å². The molecule has 1 aliphatic carbocycles. The van der Waals surface area contributed by atoms with E-state index in [1.807, 2.05) is 20.8 Å². The first-order chi connectivity index (χ1) is 9.68. The third-order valence-electron chi connectivity index (χ3n) is 4.20. The number of amides is 1. The Bertz CT molecular complexity index is 628. The number of carbonyl (C=O) groups is 2. The van der Waals surface area contributed by atoms with Crippen LogP contribution in [0.25, 0.3) is 0 Å². The van der Waals surface area contributed by atoms with E-state index in [4.69, 9.17) is 33.7 Å². The van der Waals surface area contributed by atoms with Gasteiger partial charge in [0.1, 0.15) is 10.8 Å². The second-order valence-electron chi connectivity index (χ2n) is 5.87. The Morgan fingerprint density at radius 3 is 2.57 bits per heavy atom. The number of primary amides is 1. The number of hydrogen-bond donors (Lipinski definition) is 1. The fourth-order valence-corrected chi connectivity index (χ4v) is 3.02. The minimum absolute atomic E-state index is 0.000788. The molecule has 6 heteroatoms. The summed E-state index contributed by atoms with van der Waals surface area (Å²) in [5.74, 6) is -0.158. The molecule has 0 saturated carbocycles. The minimum Gasteiger partial charge on any atom is -0.482 e. The molecule has 2 N–H and O–H groups in total. The number of carbonyl (C=O) groups excluding carboxylic acids is 2. The molecule has 0 radical (unpaired) electrons. The quantitative estimate of drug-likeness (QED) is 0.921. The van der Waals surface area contributed by atoms with Gasteiger partial charge in [0.15, 0.2) is 12.4 Å². The number of hydrogen-bond acceptors (Lipinski definition) is 3. The average Bonchev–Trinajstić information content (AvgIpc) is 2.65. The molecule has 1 atom stereocenters. The van der Waals surface area contributed by atoms with Crippen molar-refractivity contribution in [3.63, 3.8) is 0 Å². The Labute approximate surface area is 133 Å². The van der Waals surface area contributed by atoms with Crippen LogP contribution in [0.15, 0.2) is 6.07 Å². The van der Waals surface area contributed by atoms with Crippen LogP contribution in [0.4, 0.5) is 0 Å². The molecule has 1 aromatic rings. The van der Waals surface area contributed by atoms with Crippen molar-refractivity contribution in [2.24, 2.45) is 17.1 Å². The first-order valence-electron chi connectivity index (χ1n) is 6.65. The first-order valence-corrected chi connectivity index (χ1v) is 7.41. The van der Waals surface area contributed by atoms with Gasteiger partial charge in [0.05, 0.1) is 5.02 Å². The zero-order valence-electron chi connectivity index (χ0n) is 12.1. The number of benzene rings is 1. The molecule has 1 unspecified atom stereocenters. The molecule has 0 fully saturated rings. The van der Waals surface area contributed by atoms with Gasteiger partial charge in [-0.2, -0.15) is 0 Å². The summed E-state index contributed by atoms with van der Waals surface area (Å²) in [5, 5.41) is 0.320. The average molecular weight is 330 g/mol. The van der Waals surface area contributed by atoms with Crippen LogP contribution >= 0.6 is 23.2 Å². The Hall–Kier alpha value is -1.26. The van der Waals surface area contributed by atoms with Crippen LogP contribution in [-0.4, -0.2) is 18.3 Å². The van der Waals surface area contributed by atoms with Crippen LogP contribution in [0.2, 0.25) is 10.0 Å². The van der Waals surface area contributed by atoms with Gasteiger partial charge in [0.2, 0.25) is 0 Å². The zero-order valence-corrected chi connectivity index (χ0v) is 13.6. The van der Waals surface area contributed by atoms with Crippen molar-refractivity contribution >= 4 is 34.9 Å². The van der Waals surface area contributed by atoms with Gasteiger partial charge in [0, 0.05) is 11.0 Å². The van der Waals surface area contributed by atoms with Gasteiger partial charge >= 0.3 is 0 Å². The summed E-state index contributed by atoms with van der Waals surface area (Å²) < 4.78 is 5.27. The predicted molar refractivity (Wildman–Crippen MR) is 82.1 cm³/mol. The first kappa shape index (κ1) is 16.1. The lowest BCUT2D eigenvalue weighted by atomic mass is 9.76. The van der Waals surface area contributed by atoms with Crippen molar-refractivity contribution in [3.8, 4) is 5.75 Å². The number of fused-ring (bicyclic) bond motifs is 1. The lowest BCUT2D eigenvalue weighted by molar-refractivity contribution is -0.119. The fraction of sp³-hybridized carbons (Fsp3) is 0.467. The highest BCUT2D eigenvalue weighted by molar-refractivity contribution is 6.45. The second-order valence-corrected chi connectivity index (χ2v) is 6.63. The number of halogens is 2. The smallest absolute Gasteiger partial charge is 0.255 e. The lowest BCUT2D eigenvalue weighted by Gasteiger charge is -2.26. The van der Waals surface area contributed by atoms with Crippen LogP contribution in [0.3, 0.4) is 0 Å². The van der Waals surface area contributed by atoms with E-state index in [1.165, 1.54) is 0 Å². The van der Waals surface area contributed by atoms with Gasteiger partial charge in [-0.1, -0.05) is 44.0 Å². The van der Waals surface area contributed by atoms with Crippen LogP contribution in [0, 0.1) is 11.3 Å². The summed E-state index contributed by atoms with van der Waals surface area (Å²) in [6, 6.07) is 1.68. The molecule has 114 valence electrons. The summed E-state index contributed by atoms with van der Waals surface area (Å²) in [6.07, 6.45) is 0.572. The van der Waals surface area contributed by atoms with Crippen molar-refractivity contribution < 1.29 is 14.3 Å². The summed E-state index contributed by atoms with van der Waals surface area (Å²) in [5.41, 5.74) is 5.81. The molecule has 0 aromatic heterocycles. The lowest BCUT2D eigenvalue weighted by Crippen LogP contribution is -2.30. The summed E-state index contributed by atoms with van der Waals surface area (Å²) >= 11 is 12.4. The van der Waals surface area contributed by atoms with Crippen molar-refractivity contribution in [3.05, 3.63) is 27.2 Å². The monoisotopic (exact) mass is 329 g/mol. The van der Waals surface area contributed by atoms with E-state index < -0.39 is 11.3 Å². The number of ketones is 1. The van der Waals surface area contributed by atoms with Crippen molar-refractivity contribution in [1.29, 1.82) is 0 Å². The number of Topliss-reactive ketones (excluding diaryl/α,β-unsaturated/α-hetero) is 1. The molecule has 0 spiro atoms. The van der Waals surface area contributed by atoms with Crippen LogP contribution in [0.1, 0.15) is 36.7 Å². The van der Waals surface area contributed by atoms with Crippen molar-refractivity contribution in [1.82, 2.24) is 0 Å². The molecule has 1 aromatic carbocycles. The Kier molecular flexibility index (Phi) is 4.22. The molecular weight excluding hydrogens is 313 g/mol. The molecule has 0 bridgehead atoms. The van der Waals surface area contributed by atoms with Crippen molar-refractivity contribution in [2.45, 2.75) is 27.2 Å². The third-order valence-corrected chi connectivity index (χ3v) is 5.05. The molecule has 1 amide bonds. The molecule has 0 heterocycles. The molecule has 4 nitrogen and oxygen atoms in total. The van der Waals surface area contributed by atoms with E-state index in [0.29, 0.717) is 12.0 Å². The van der Waals surface area contributed by atoms with E-state index in [0.717, 1.165) is 5.56 Å². The maximum Gasteiger partial charge on any atom is 0.255 e. The Balaban J connectivity index is 2.48. The minimum atomic E-state index is -0.606. The highest BCUT2D eigenvalue weighted by Gasteiger charge is 2.45. The molecular formula is C15H17Cl2NO3. The zero-order chi connectivity index (χ0) is 15.9. The van der Waals surface area contributed by atoms with E-state index >= 15 is 0 Å².